The Morgan fingerprint density at radius 2 is 1.83 bits per heavy atom. The SMILES string of the molecule is COc1cccc(-c2cccc(C(=O)NCCc3c[nH]c4ccc(Cl)cc34)c2)c1. The molecule has 146 valence electrons. The lowest BCUT2D eigenvalue weighted by atomic mass is 10.0. The van der Waals surface area contributed by atoms with Crippen LogP contribution in [0.4, 0.5) is 0 Å². The molecule has 5 heteroatoms. The number of rotatable bonds is 6. The van der Waals surface area contributed by atoms with Gasteiger partial charge >= 0.3 is 0 Å². The number of benzene rings is 3. The van der Waals surface area contributed by atoms with E-state index in [9.17, 15) is 4.79 Å². The number of carbonyl (C=O) groups excluding carboxylic acids is 1. The van der Waals surface area contributed by atoms with Crippen molar-refractivity contribution < 1.29 is 9.53 Å². The summed E-state index contributed by atoms with van der Waals surface area (Å²) in [6.45, 7) is 0.543. The molecular weight excluding hydrogens is 384 g/mol. The van der Waals surface area contributed by atoms with E-state index in [4.69, 9.17) is 16.3 Å². The number of nitrogens with one attached hydrogen (secondary N) is 2. The zero-order valence-corrected chi connectivity index (χ0v) is 16.8. The third kappa shape index (κ3) is 4.28. The monoisotopic (exact) mass is 404 g/mol. The molecule has 4 nitrogen and oxygen atoms in total. The number of halogens is 1. The van der Waals surface area contributed by atoms with E-state index in [1.807, 2.05) is 72.9 Å². The van der Waals surface area contributed by atoms with Crippen molar-refractivity contribution in [3.05, 3.63) is 89.1 Å². The van der Waals surface area contributed by atoms with Gasteiger partial charge in [0.05, 0.1) is 7.11 Å². The van der Waals surface area contributed by atoms with Gasteiger partial charge in [-0.2, -0.15) is 0 Å². The molecule has 2 N–H and O–H groups in total. The Morgan fingerprint density at radius 1 is 1.03 bits per heavy atom. The van der Waals surface area contributed by atoms with Crippen LogP contribution < -0.4 is 10.1 Å². The second-order valence-electron chi connectivity index (χ2n) is 6.82. The van der Waals surface area contributed by atoms with Crippen molar-refractivity contribution >= 4 is 28.4 Å². The van der Waals surface area contributed by atoms with E-state index < -0.39 is 0 Å². The molecule has 0 radical (unpaired) electrons. The summed E-state index contributed by atoms with van der Waals surface area (Å²) in [6, 6.07) is 21.2. The van der Waals surface area contributed by atoms with Crippen LogP contribution in [0.25, 0.3) is 22.0 Å². The fourth-order valence-corrected chi connectivity index (χ4v) is 3.58. The summed E-state index contributed by atoms with van der Waals surface area (Å²) >= 11 is 6.10. The van der Waals surface area contributed by atoms with Crippen molar-refractivity contribution in [2.45, 2.75) is 6.42 Å². The summed E-state index contributed by atoms with van der Waals surface area (Å²) in [7, 11) is 1.64. The third-order valence-electron chi connectivity index (χ3n) is 4.94. The maximum absolute atomic E-state index is 12.6. The predicted octanol–water partition coefficient (Wildman–Crippen LogP) is 5.47. The van der Waals surface area contributed by atoms with Gasteiger partial charge in [-0.3, -0.25) is 4.79 Å². The first-order valence-corrected chi connectivity index (χ1v) is 9.80. The summed E-state index contributed by atoms with van der Waals surface area (Å²) < 4.78 is 5.29. The molecule has 0 spiro atoms. The molecule has 0 aliphatic heterocycles. The molecule has 1 heterocycles. The number of carbonyl (C=O) groups is 1. The highest BCUT2D eigenvalue weighted by molar-refractivity contribution is 6.31. The Balaban J connectivity index is 1.44. The van der Waals surface area contributed by atoms with E-state index in [1.165, 1.54) is 0 Å². The number of amides is 1. The average molecular weight is 405 g/mol. The summed E-state index contributed by atoms with van der Waals surface area (Å²) in [5.74, 6) is 0.698. The van der Waals surface area contributed by atoms with Gasteiger partial charge in [0.2, 0.25) is 0 Å². The number of methoxy groups -OCH3 is 1. The molecule has 0 atom stereocenters. The molecule has 1 aromatic heterocycles. The second kappa shape index (κ2) is 8.41. The van der Waals surface area contributed by atoms with Gasteiger partial charge in [0.1, 0.15) is 5.75 Å². The Kier molecular flexibility index (Phi) is 5.54. The van der Waals surface area contributed by atoms with Crippen LogP contribution in [-0.2, 0) is 6.42 Å². The van der Waals surface area contributed by atoms with E-state index in [0.29, 0.717) is 17.1 Å². The highest BCUT2D eigenvalue weighted by Gasteiger charge is 2.09. The van der Waals surface area contributed by atoms with E-state index in [1.54, 1.807) is 7.11 Å². The quantitative estimate of drug-likeness (QED) is 0.447. The van der Waals surface area contributed by atoms with E-state index in [-0.39, 0.29) is 5.91 Å². The number of aromatic nitrogens is 1. The molecule has 0 fully saturated rings. The van der Waals surface area contributed by atoms with Gasteiger partial charge in [0, 0.05) is 34.2 Å². The molecule has 3 aromatic carbocycles. The van der Waals surface area contributed by atoms with Gasteiger partial charge in [-0.1, -0.05) is 35.9 Å². The van der Waals surface area contributed by atoms with Crippen molar-refractivity contribution in [1.82, 2.24) is 10.3 Å². The first-order chi connectivity index (χ1) is 14.1. The van der Waals surface area contributed by atoms with Crippen molar-refractivity contribution in [2.75, 3.05) is 13.7 Å². The van der Waals surface area contributed by atoms with Crippen LogP contribution in [0, 0.1) is 0 Å². The van der Waals surface area contributed by atoms with Crippen molar-refractivity contribution in [3.63, 3.8) is 0 Å². The topological polar surface area (TPSA) is 54.1 Å². The predicted molar refractivity (Wildman–Crippen MR) is 118 cm³/mol. The zero-order valence-electron chi connectivity index (χ0n) is 16.0. The van der Waals surface area contributed by atoms with Crippen LogP contribution in [-0.4, -0.2) is 24.5 Å². The molecule has 29 heavy (non-hydrogen) atoms. The molecule has 0 aliphatic rings. The standard InChI is InChI=1S/C24H21ClN2O2/c1-29-21-7-3-5-17(13-21)16-4-2-6-18(12-16)24(28)26-11-10-19-15-27-23-9-8-20(25)14-22(19)23/h2-9,12-15,27H,10-11H2,1H3,(H,26,28). The van der Waals surface area contributed by atoms with Gasteiger partial charge in [-0.25, -0.2) is 0 Å². The average Bonchev–Trinajstić information content (AvgIpc) is 3.16. The largest absolute Gasteiger partial charge is 0.497 e. The maximum Gasteiger partial charge on any atom is 0.251 e. The van der Waals surface area contributed by atoms with Gasteiger partial charge in [-0.15, -0.1) is 0 Å². The first-order valence-electron chi connectivity index (χ1n) is 9.42. The number of H-pyrrole nitrogens is 1. The van der Waals surface area contributed by atoms with Crippen LogP contribution in [0.1, 0.15) is 15.9 Å². The molecule has 0 aliphatic carbocycles. The maximum atomic E-state index is 12.6. The van der Waals surface area contributed by atoms with Crippen molar-refractivity contribution in [3.8, 4) is 16.9 Å². The molecular formula is C24H21ClN2O2. The summed E-state index contributed by atoms with van der Waals surface area (Å²) in [6.07, 6.45) is 2.69. The summed E-state index contributed by atoms with van der Waals surface area (Å²) in [5, 5.41) is 4.80. The summed E-state index contributed by atoms with van der Waals surface area (Å²) in [5.41, 5.74) is 4.79. The number of hydrogen-bond acceptors (Lipinski definition) is 2. The second-order valence-corrected chi connectivity index (χ2v) is 7.26. The molecule has 0 saturated carbocycles. The summed E-state index contributed by atoms with van der Waals surface area (Å²) in [4.78, 5) is 15.9. The fourth-order valence-electron chi connectivity index (χ4n) is 3.41. The molecule has 0 bridgehead atoms. The third-order valence-corrected chi connectivity index (χ3v) is 5.17. The van der Waals surface area contributed by atoms with Gasteiger partial charge in [-0.05, 0) is 65.6 Å². The lowest BCUT2D eigenvalue weighted by molar-refractivity contribution is 0.0954. The molecule has 0 unspecified atom stereocenters. The van der Waals surface area contributed by atoms with Gasteiger partial charge < -0.3 is 15.0 Å². The van der Waals surface area contributed by atoms with Crippen LogP contribution >= 0.6 is 11.6 Å². The molecule has 1 amide bonds. The lowest BCUT2D eigenvalue weighted by Crippen LogP contribution is -2.25. The van der Waals surface area contributed by atoms with E-state index >= 15 is 0 Å². The lowest BCUT2D eigenvalue weighted by Gasteiger charge is -2.08. The van der Waals surface area contributed by atoms with E-state index in [0.717, 1.165) is 39.8 Å². The van der Waals surface area contributed by atoms with Crippen LogP contribution in [0.15, 0.2) is 72.9 Å². The van der Waals surface area contributed by atoms with Crippen LogP contribution in [0.2, 0.25) is 5.02 Å². The highest BCUT2D eigenvalue weighted by Crippen LogP contribution is 2.25. The van der Waals surface area contributed by atoms with E-state index in [2.05, 4.69) is 10.3 Å². The first kappa shape index (κ1) is 19.1. The Bertz CT molecular complexity index is 1170. The minimum absolute atomic E-state index is 0.0902. The number of fused-ring (bicyclic) bond motifs is 1. The van der Waals surface area contributed by atoms with Crippen molar-refractivity contribution in [1.29, 1.82) is 0 Å². The van der Waals surface area contributed by atoms with Crippen molar-refractivity contribution in [2.24, 2.45) is 0 Å². The highest BCUT2D eigenvalue weighted by atomic mass is 35.5. The molecule has 4 rings (SSSR count). The molecule has 4 aromatic rings. The Labute approximate surface area is 174 Å². The zero-order chi connectivity index (χ0) is 20.2. The minimum Gasteiger partial charge on any atom is -0.497 e. The fraction of sp³-hybridized carbons (Fsp3) is 0.125. The minimum atomic E-state index is -0.0902. The number of ether oxygens (including phenoxy) is 1. The molecule has 0 saturated heterocycles. The normalized spacial score (nSPS) is 10.8. The van der Waals surface area contributed by atoms with Crippen LogP contribution in [0.5, 0.6) is 5.75 Å². The smallest absolute Gasteiger partial charge is 0.251 e. The van der Waals surface area contributed by atoms with Crippen LogP contribution in [0.3, 0.4) is 0 Å². The number of aromatic amines is 1. The number of hydrogen-bond donors (Lipinski definition) is 2. The Hall–Kier alpha value is -3.24. The Morgan fingerprint density at radius 3 is 2.66 bits per heavy atom. The van der Waals surface area contributed by atoms with Gasteiger partial charge in [0.15, 0.2) is 0 Å². The van der Waals surface area contributed by atoms with Gasteiger partial charge in [0.25, 0.3) is 5.91 Å².